The lowest BCUT2D eigenvalue weighted by Crippen LogP contribution is -2.36. The molecule has 0 radical (unpaired) electrons. The van der Waals surface area contributed by atoms with Crippen LogP contribution in [0, 0.1) is 0 Å². The van der Waals surface area contributed by atoms with Gasteiger partial charge in [0.05, 0.1) is 0 Å². The first-order valence-electron chi connectivity index (χ1n) is 8.34. The molecule has 0 unspecified atom stereocenters. The third-order valence-electron chi connectivity index (χ3n) is 3.99. The van der Waals surface area contributed by atoms with E-state index in [1.807, 2.05) is 0 Å². The van der Waals surface area contributed by atoms with Gasteiger partial charge in [-0.3, -0.25) is 4.79 Å². The van der Waals surface area contributed by atoms with Crippen LogP contribution < -0.4 is 10.1 Å². The lowest BCUT2D eigenvalue weighted by atomic mass is 10.0. The van der Waals surface area contributed by atoms with E-state index in [1.54, 1.807) is 31.2 Å². The summed E-state index contributed by atoms with van der Waals surface area (Å²) < 4.78 is 5.65. The summed E-state index contributed by atoms with van der Waals surface area (Å²) in [6.45, 7) is 6.50. The first-order valence-corrected chi connectivity index (χ1v) is 8.71. The largest absolute Gasteiger partial charge is 0.481 e. The van der Waals surface area contributed by atoms with E-state index in [4.69, 9.17) is 16.3 Å². The maximum absolute atomic E-state index is 12.3. The molecule has 0 aromatic heterocycles. The minimum Gasteiger partial charge on any atom is -0.481 e. The third kappa shape index (κ3) is 5.00. The van der Waals surface area contributed by atoms with Crippen molar-refractivity contribution < 1.29 is 9.53 Å². The van der Waals surface area contributed by atoms with Gasteiger partial charge in [-0.25, -0.2) is 0 Å². The van der Waals surface area contributed by atoms with Gasteiger partial charge >= 0.3 is 0 Å². The molecule has 0 bridgehead atoms. The van der Waals surface area contributed by atoms with Crippen molar-refractivity contribution in [3.8, 4) is 5.75 Å². The van der Waals surface area contributed by atoms with Crippen molar-refractivity contribution in [1.29, 1.82) is 0 Å². The van der Waals surface area contributed by atoms with E-state index in [0.29, 0.717) is 17.3 Å². The topological polar surface area (TPSA) is 38.3 Å². The van der Waals surface area contributed by atoms with Gasteiger partial charge < -0.3 is 10.1 Å². The molecule has 1 amide bonds. The van der Waals surface area contributed by atoms with Crippen molar-refractivity contribution in [3.63, 3.8) is 0 Å². The van der Waals surface area contributed by atoms with Crippen LogP contribution in [0.3, 0.4) is 0 Å². The van der Waals surface area contributed by atoms with Crippen molar-refractivity contribution in [2.75, 3.05) is 0 Å². The monoisotopic (exact) mass is 345 g/mol. The summed E-state index contributed by atoms with van der Waals surface area (Å²) in [7, 11) is 0. The summed E-state index contributed by atoms with van der Waals surface area (Å²) in [6, 6.07) is 13.5. The van der Waals surface area contributed by atoms with Crippen molar-refractivity contribution in [2.45, 2.75) is 46.3 Å². The molecule has 0 aliphatic rings. The zero-order valence-corrected chi connectivity index (χ0v) is 15.2. The summed E-state index contributed by atoms with van der Waals surface area (Å²) >= 11 is 5.93. The standard InChI is InChI=1S/C20H24ClNO2/c1-4-15-9-10-16(5-2)17(11-15)13-22-20(23)14(3)24-19-8-6-7-18(21)12-19/h6-12,14H,4-5,13H2,1-3H3,(H,22,23)/t14-/m1/s1. The molecule has 2 rings (SSSR count). The lowest BCUT2D eigenvalue weighted by molar-refractivity contribution is -0.127. The molecule has 2 aromatic carbocycles. The van der Waals surface area contributed by atoms with Gasteiger partial charge in [-0.15, -0.1) is 0 Å². The predicted octanol–water partition coefficient (Wildman–Crippen LogP) is 4.55. The van der Waals surface area contributed by atoms with Crippen LogP contribution in [0.25, 0.3) is 0 Å². The highest BCUT2D eigenvalue weighted by Gasteiger charge is 2.15. The number of nitrogens with one attached hydrogen (secondary N) is 1. The minimum atomic E-state index is -0.581. The quantitative estimate of drug-likeness (QED) is 0.799. The Morgan fingerprint density at radius 1 is 1.12 bits per heavy atom. The number of halogens is 1. The molecule has 3 nitrogen and oxygen atoms in total. The number of amides is 1. The van der Waals surface area contributed by atoms with Crippen molar-refractivity contribution in [3.05, 3.63) is 64.2 Å². The van der Waals surface area contributed by atoms with Gasteiger partial charge in [0.15, 0.2) is 6.10 Å². The van der Waals surface area contributed by atoms with Crippen LogP contribution in [-0.4, -0.2) is 12.0 Å². The second-order valence-electron chi connectivity index (χ2n) is 5.75. The Hall–Kier alpha value is -2.00. The molecule has 24 heavy (non-hydrogen) atoms. The average molecular weight is 346 g/mol. The minimum absolute atomic E-state index is 0.140. The molecule has 1 atom stereocenters. The number of rotatable bonds is 7. The second kappa shape index (κ2) is 8.74. The molecule has 0 heterocycles. The highest BCUT2D eigenvalue weighted by molar-refractivity contribution is 6.30. The Labute approximate surface area is 149 Å². The predicted molar refractivity (Wildman–Crippen MR) is 98.6 cm³/mol. The van der Waals surface area contributed by atoms with Crippen LogP contribution in [0.4, 0.5) is 0 Å². The maximum atomic E-state index is 12.3. The molecule has 0 aliphatic carbocycles. The maximum Gasteiger partial charge on any atom is 0.261 e. The van der Waals surface area contributed by atoms with Gasteiger partial charge in [0.1, 0.15) is 5.75 Å². The molecule has 0 saturated carbocycles. The fourth-order valence-electron chi connectivity index (χ4n) is 2.53. The number of hydrogen-bond donors (Lipinski definition) is 1. The van der Waals surface area contributed by atoms with E-state index >= 15 is 0 Å². The fourth-order valence-corrected chi connectivity index (χ4v) is 2.71. The van der Waals surface area contributed by atoms with Gasteiger partial charge in [-0.2, -0.15) is 0 Å². The first-order chi connectivity index (χ1) is 11.5. The molecule has 1 N–H and O–H groups in total. The summed E-state index contributed by atoms with van der Waals surface area (Å²) in [6.07, 6.45) is 1.35. The van der Waals surface area contributed by atoms with Gasteiger partial charge in [0, 0.05) is 11.6 Å². The molecule has 0 aliphatic heterocycles. The highest BCUT2D eigenvalue weighted by Crippen LogP contribution is 2.18. The number of carbonyl (C=O) groups is 1. The van der Waals surface area contributed by atoms with E-state index in [0.717, 1.165) is 12.8 Å². The number of aryl methyl sites for hydroxylation is 2. The smallest absolute Gasteiger partial charge is 0.261 e. The van der Waals surface area contributed by atoms with Crippen LogP contribution in [-0.2, 0) is 24.2 Å². The van der Waals surface area contributed by atoms with Crippen LogP contribution >= 0.6 is 11.6 Å². The number of carbonyl (C=O) groups excluding carboxylic acids is 1. The zero-order valence-electron chi connectivity index (χ0n) is 14.4. The normalized spacial score (nSPS) is 11.8. The molecule has 0 spiro atoms. The number of benzene rings is 2. The third-order valence-corrected chi connectivity index (χ3v) is 4.23. The Morgan fingerprint density at radius 3 is 2.58 bits per heavy atom. The second-order valence-corrected chi connectivity index (χ2v) is 6.18. The average Bonchev–Trinajstić information content (AvgIpc) is 2.59. The van der Waals surface area contributed by atoms with Gasteiger partial charge in [0.2, 0.25) is 0 Å². The molecule has 4 heteroatoms. The molecule has 128 valence electrons. The Kier molecular flexibility index (Phi) is 6.68. The van der Waals surface area contributed by atoms with Gasteiger partial charge in [0.25, 0.3) is 5.91 Å². The summed E-state index contributed by atoms with van der Waals surface area (Å²) in [5, 5.41) is 3.55. The van der Waals surface area contributed by atoms with E-state index in [-0.39, 0.29) is 5.91 Å². The molecule has 2 aromatic rings. The summed E-state index contributed by atoms with van der Waals surface area (Å²) in [4.78, 5) is 12.3. The van der Waals surface area contributed by atoms with E-state index in [2.05, 4.69) is 37.4 Å². The summed E-state index contributed by atoms with van der Waals surface area (Å²) in [5.74, 6) is 0.450. The molecule has 0 saturated heterocycles. The van der Waals surface area contributed by atoms with Crippen LogP contribution in [0.15, 0.2) is 42.5 Å². The molecular weight excluding hydrogens is 322 g/mol. The van der Waals surface area contributed by atoms with Crippen molar-refractivity contribution in [1.82, 2.24) is 5.32 Å². The van der Waals surface area contributed by atoms with Crippen molar-refractivity contribution >= 4 is 17.5 Å². The van der Waals surface area contributed by atoms with E-state index in [9.17, 15) is 4.79 Å². The van der Waals surface area contributed by atoms with Gasteiger partial charge in [-0.1, -0.05) is 49.7 Å². The summed E-state index contributed by atoms with van der Waals surface area (Å²) in [5.41, 5.74) is 3.70. The van der Waals surface area contributed by atoms with Crippen LogP contribution in [0.1, 0.15) is 37.5 Å². The van der Waals surface area contributed by atoms with Crippen LogP contribution in [0.2, 0.25) is 5.02 Å². The number of hydrogen-bond acceptors (Lipinski definition) is 2. The van der Waals surface area contributed by atoms with Crippen molar-refractivity contribution in [2.24, 2.45) is 0 Å². The highest BCUT2D eigenvalue weighted by atomic mass is 35.5. The van der Waals surface area contributed by atoms with E-state index in [1.165, 1.54) is 16.7 Å². The molecule has 0 fully saturated rings. The zero-order chi connectivity index (χ0) is 17.5. The Bertz CT molecular complexity index is 700. The Morgan fingerprint density at radius 2 is 1.92 bits per heavy atom. The lowest BCUT2D eigenvalue weighted by Gasteiger charge is -2.16. The van der Waals surface area contributed by atoms with Gasteiger partial charge in [-0.05, 0) is 54.7 Å². The van der Waals surface area contributed by atoms with Crippen LogP contribution in [0.5, 0.6) is 5.75 Å². The number of ether oxygens (including phenoxy) is 1. The van der Waals surface area contributed by atoms with E-state index < -0.39 is 6.10 Å². The fraction of sp³-hybridized carbons (Fsp3) is 0.350. The SMILES string of the molecule is CCc1ccc(CC)c(CNC(=O)[C@@H](C)Oc2cccc(Cl)c2)c1. The first kappa shape index (κ1) is 18.3. The molecular formula is C20H24ClNO2. The Balaban J connectivity index is 1.97.